The summed E-state index contributed by atoms with van der Waals surface area (Å²) in [5, 5.41) is 11.9. The number of hydrogen-bond donors (Lipinski definition) is 2. The van der Waals surface area contributed by atoms with E-state index in [9.17, 15) is 9.59 Å². The molecule has 0 heterocycles. The van der Waals surface area contributed by atoms with Crippen molar-refractivity contribution in [3.8, 4) is 0 Å². The third kappa shape index (κ3) is 4.91. The van der Waals surface area contributed by atoms with Crippen molar-refractivity contribution in [1.82, 2.24) is 0 Å². The average molecular weight is 279 g/mol. The van der Waals surface area contributed by atoms with Crippen LogP contribution >= 0.6 is 0 Å². The molecule has 0 bridgehead atoms. The van der Waals surface area contributed by atoms with Crippen molar-refractivity contribution in [3.63, 3.8) is 0 Å². The molecule has 1 atom stereocenters. The number of anilines is 1. The van der Waals surface area contributed by atoms with Crippen LogP contribution in [0.5, 0.6) is 0 Å². The van der Waals surface area contributed by atoms with Crippen molar-refractivity contribution >= 4 is 17.6 Å². The summed E-state index contributed by atoms with van der Waals surface area (Å²) in [6.45, 7) is 7.17. The lowest BCUT2D eigenvalue weighted by Gasteiger charge is -2.20. The molecule has 0 spiro atoms. The molecule has 0 saturated carbocycles. The zero-order valence-corrected chi connectivity index (χ0v) is 12.3. The van der Waals surface area contributed by atoms with Crippen LogP contribution in [0.25, 0.3) is 0 Å². The van der Waals surface area contributed by atoms with Crippen LogP contribution in [-0.4, -0.2) is 28.7 Å². The van der Waals surface area contributed by atoms with Gasteiger partial charge in [0.1, 0.15) is 11.6 Å². The van der Waals surface area contributed by atoms with Gasteiger partial charge in [-0.25, -0.2) is 9.59 Å². The number of benzene rings is 1. The molecule has 0 aliphatic rings. The highest BCUT2D eigenvalue weighted by Crippen LogP contribution is 2.17. The lowest BCUT2D eigenvalue weighted by atomic mass is 10.1. The second-order valence-electron chi connectivity index (χ2n) is 5.53. The Kier molecular flexibility index (Phi) is 5.13. The van der Waals surface area contributed by atoms with Crippen LogP contribution in [0.3, 0.4) is 0 Å². The minimum Gasteiger partial charge on any atom is -0.480 e. The SMILES string of the molecule is CC[C@H](Nc1cccc(C(=O)OC(C)(C)C)c1)C(=O)O. The first kappa shape index (κ1) is 16.0. The Hall–Kier alpha value is -2.04. The van der Waals surface area contributed by atoms with Gasteiger partial charge in [-0.05, 0) is 45.4 Å². The summed E-state index contributed by atoms with van der Waals surface area (Å²) >= 11 is 0. The number of carboxylic acid groups (broad SMARTS) is 1. The number of hydrogen-bond acceptors (Lipinski definition) is 4. The summed E-state index contributed by atoms with van der Waals surface area (Å²) in [5.74, 6) is -1.35. The smallest absolute Gasteiger partial charge is 0.338 e. The first-order chi connectivity index (χ1) is 9.23. The monoisotopic (exact) mass is 279 g/mol. The predicted molar refractivity (Wildman–Crippen MR) is 76.9 cm³/mol. The fraction of sp³-hybridized carbons (Fsp3) is 0.467. The summed E-state index contributed by atoms with van der Waals surface area (Å²) in [7, 11) is 0. The van der Waals surface area contributed by atoms with E-state index in [1.165, 1.54) is 0 Å². The zero-order valence-electron chi connectivity index (χ0n) is 12.3. The van der Waals surface area contributed by atoms with Crippen molar-refractivity contribution in [3.05, 3.63) is 29.8 Å². The number of carboxylic acids is 1. The van der Waals surface area contributed by atoms with Crippen molar-refractivity contribution in [1.29, 1.82) is 0 Å². The molecule has 1 aromatic rings. The molecule has 0 aromatic heterocycles. The molecule has 0 aliphatic carbocycles. The summed E-state index contributed by atoms with van der Waals surface area (Å²) in [6.07, 6.45) is 0.450. The normalized spacial score (nSPS) is 12.6. The predicted octanol–water partition coefficient (Wildman–Crippen LogP) is 2.92. The van der Waals surface area contributed by atoms with Gasteiger partial charge < -0.3 is 15.2 Å². The maximum atomic E-state index is 11.9. The van der Waals surface area contributed by atoms with Gasteiger partial charge in [-0.15, -0.1) is 0 Å². The van der Waals surface area contributed by atoms with Crippen LogP contribution in [0.4, 0.5) is 5.69 Å². The van der Waals surface area contributed by atoms with Crippen molar-refractivity contribution in [2.45, 2.75) is 45.8 Å². The molecule has 5 nitrogen and oxygen atoms in total. The van der Waals surface area contributed by atoms with Crippen LogP contribution in [0, 0.1) is 0 Å². The highest BCUT2D eigenvalue weighted by Gasteiger charge is 2.19. The summed E-state index contributed by atoms with van der Waals surface area (Å²) in [6, 6.07) is 5.97. The number of nitrogens with one attached hydrogen (secondary N) is 1. The van der Waals surface area contributed by atoms with Gasteiger partial charge >= 0.3 is 11.9 Å². The van der Waals surface area contributed by atoms with E-state index < -0.39 is 23.6 Å². The van der Waals surface area contributed by atoms with E-state index in [4.69, 9.17) is 9.84 Å². The van der Waals surface area contributed by atoms with Gasteiger partial charge in [-0.2, -0.15) is 0 Å². The maximum Gasteiger partial charge on any atom is 0.338 e. The van der Waals surface area contributed by atoms with Gasteiger partial charge in [0.15, 0.2) is 0 Å². The number of carbonyl (C=O) groups excluding carboxylic acids is 1. The molecule has 5 heteroatoms. The second-order valence-corrected chi connectivity index (χ2v) is 5.53. The van der Waals surface area contributed by atoms with E-state index in [1.807, 2.05) is 0 Å². The molecule has 1 aromatic carbocycles. The van der Waals surface area contributed by atoms with Crippen molar-refractivity contribution < 1.29 is 19.4 Å². The van der Waals surface area contributed by atoms with E-state index in [0.717, 1.165) is 0 Å². The largest absolute Gasteiger partial charge is 0.480 e. The van der Waals surface area contributed by atoms with E-state index in [0.29, 0.717) is 17.7 Å². The fourth-order valence-corrected chi connectivity index (χ4v) is 1.61. The number of aliphatic carboxylic acids is 1. The highest BCUT2D eigenvalue weighted by molar-refractivity contribution is 5.91. The van der Waals surface area contributed by atoms with Gasteiger partial charge in [0.05, 0.1) is 5.56 Å². The second kappa shape index (κ2) is 6.41. The lowest BCUT2D eigenvalue weighted by Crippen LogP contribution is -2.28. The molecule has 0 unspecified atom stereocenters. The average Bonchev–Trinajstić information content (AvgIpc) is 2.34. The van der Waals surface area contributed by atoms with E-state index in [-0.39, 0.29) is 0 Å². The first-order valence-corrected chi connectivity index (χ1v) is 6.55. The molecular formula is C15H21NO4. The Morgan fingerprint density at radius 1 is 1.35 bits per heavy atom. The molecular weight excluding hydrogens is 258 g/mol. The molecule has 0 fully saturated rings. The van der Waals surface area contributed by atoms with Crippen LogP contribution in [-0.2, 0) is 9.53 Å². The van der Waals surface area contributed by atoms with E-state index >= 15 is 0 Å². The lowest BCUT2D eigenvalue weighted by molar-refractivity contribution is -0.137. The van der Waals surface area contributed by atoms with E-state index in [1.54, 1.807) is 52.0 Å². The van der Waals surface area contributed by atoms with Crippen LogP contribution in [0.2, 0.25) is 0 Å². The quantitative estimate of drug-likeness (QED) is 0.810. The summed E-state index contributed by atoms with van der Waals surface area (Å²) < 4.78 is 5.27. The molecule has 1 rings (SSSR count). The first-order valence-electron chi connectivity index (χ1n) is 6.55. The highest BCUT2D eigenvalue weighted by atomic mass is 16.6. The Bertz CT molecular complexity index is 491. The molecule has 20 heavy (non-hydrogen) atoms. The van der Waals surface area contributed by atoms with Gasteiger partial charge in [-0.3, -0.25) is 0 Å². The minimum absolute atomic E-state index is 0.394. The fourth-order valence-electron chi connectivity index (χ4n) is 1.61. The summed E-state index contributed by atoms with van der Waals surface area (Å²) in [4.78, 5) is 22.9. The Morgan fingerprint density at radius 3 is 2.50 bits per heavy atom. The summed E-state index contributed by atoms with van der Waals surface area (Å²) in [5.41, 5.74) is 0.417. The molecule has 0 saturated heterocycles. The molecule has 0 radical (unpaired) electrons. The van der Waals surface area contributed by atoms with Gasteiger partial charge in [-0.1, -0.05) is 13.0 Å². The maximum absolute atomic E-state index is 11.9. The molecule has 0 amide bonds. The van der Waals surface area contributed by atoms with Crippen LogP contribution in [0.15, 0.2) is 24.3 Å². The van der Waals surface area contributed by atoms with E-state index in [2.05, 4.69) is 5.32 Å². The Morgan fingerprint density at radius 2 is 2.00 bits per heavy atom. The number of ether oxygens (including phenoxy) is 1. The van der Waals surface area contributed by atoms with Gasteiger partial charge in [0, 0.05) is 5.69 Å². The van der Waals surface area contributed by atoms with Crippen LogP contribution in [0.1, 0.15) is 44.5 Å². The zero-order chi connectivity index (χ0) is 15.3. The van der Waals surface area contributed by atoms with Gasteiger partial charge in [0.25, 0.3) is 0 Å². The Labute approximate surface area is 118 Å². The third-order valence-corrected chi connectivity index (χ3v) is 2.54. The van der Waals surface area contributed by atoms with Crippen molar-refractivity contribution in [2.24, 2.45) is 0 Å². The number of rotatable bonds is 5. The third-order valence-electron chi connectivity index (χ3n) is 2.54. The molecule has 2 N–H and O–H groups in total. The van der Waals surface area contributed by atoms with Gasteiger partial charge in [0.2, 0.25) is 0 Å². The number of carbonyl (C=O) groups is 2. The van der Waals surface area contributed by atoms with Crippen molar-refractivity contribution in [2.75, 3.05) is 5.32 Å². The van der Waals surface area contributed by atoms with Crippen LogP contribution < -0.4 is 5.32 Å². The molecule has 0 aliphatic heterocycles. The standard InChI is InChI=1S/C15H21NO4/c1-5-12(13(17)18)16-11-8-6-7-10(9-11)14(19)20-15(2,3)4/h6-9,12,16H,5H2,1-4H3,(H,17,18)/t12-/m0/s1. The minimum atomic E-state index is -0.921. The topological polar surface area (TPSA) is 75.6 Å². The number of esters is 1. The molecule has 110 valence electrons. The Balaban J connectivity index is 2.85.